The van der Waals surface area contributed by atoms with Gasteiger partial charge < -0.3 is 5.73 Å². The second kappa shape index (κ2) is 5.09. The fourth-order valence-corrected chi connectivity index (χ4v) is 2.68. The Balaban J connectivity index is 2.47. The predicted molar refractivity (Wildman–Crippen MR) is 69.8 cm³/mol. The van der Waals surface area contributed by atoms with Crippen molar-refractivity contribution < 1.29 is 0 Å². The molecule has 1 heterocycles. The minimum atomic E-state index is 0.504. The fraction of sp³-hybridized carbons (Fsp3) is 0.231. The van der Waals surface area contributed by atoms with Gasteiger partial charge in [-0.3, -0.25) is 0 Å². The molecule has 0 amide bonds. The maximum Gasteiger partial charge on any atom is 0.159 e. The van der Waals surface area contributed by atoms with E-state index >= 15 is 0 Å². The Kier molecular flexibility index (Phi) is 3.52. The molecule has 0 aliphatic carbocycles. The van der Waals surface area contributed by atoms with E-state index in [9.17, 15) is 0 Å². The molecule has 2 N–H and O–H groups in total. The van der Waals surface area contributed by atoms with E-state index in [1.807, 2.05) is 25.1 Å². The lowest BCUT2D eigenvalue weighted by molar-refractivity contribution is 0.950. The molecule has 2 aromatic rings. The van der Waals surface area contributed by atoms with Crippen molar-refractivity contribution in [3.63, 3.8) is 0 Å². The molecule has 1 aromatic heterocycles. The van der Waals surface area contributed by atoms with Gasteiger partial charge in [0.15, 0.2) is 5.69 Å². The van der Waals surface area contributed by atoms with Crippen LogP contribution < -0.4 is 5.73 Å². The number of benzene rings is 1. The van der Waals surface area contributed by atoms with E-state index in [1.165, 1.54) is 5.56 Å². The molecular formula is C13H13N3S. The van der Waals surface area contributed by atoms with Crippen LogP contribution in [0.3, 0.4) is 0 Å². The number of hydrogen-bond donors (Lipinski definition) is 1. The van der Waals surface area contributed by atoms with Crippen LogP contribution in [0.5, 0.6) is 0 Å². The molecule has 3 nitrogen and oxygen atoms in total. The lowest BCUT2D eigenvalue weighted by atomic mass is 10.1. The Morgan fingerprint density at radius 1 is 1.47 bits per heavy atom. The quantitative estimate of drug-likeness (QED) is 0.900. The molecular weight excluding hydrogens is 230 g/mol. The van der Waals surface area contributed by atoms with Gasteiger partial charge in [0.1, 0.15) is 6.07 Å². The van der Waals surface area contributed by atoms with Crippen molar-refractivity contribution in [2.45, 2.75) is 13.3 Å². The first kappa shape index (κ1) is 11.8. The summed E-state index contributed by atoms with van der Waals surface area (Å²) in [6, 6.07) is 10.3. The molecule has 0 radical (unpaired) electrons. The number of thiazole rings is 1. The molecule has 0 saturated heterocycles. The smallest absolute Gasteiger partial charge is 0.159 e. The van der Waals surface area contributed by atoms with E-state index in [-0.39, 0.29) is 0 Å². The van der Waals surface area contributed by atoms with E-state index in [0.29, 0.717) is 12.2 Å². The first-order valence-corrected chi connectivity index (χ1v) is 6.23. The van der Waals surface area contributed by atoms with E-state index in [2.05, 4.69) is 17.1 Å². The van der Waals surface area contributed by atoms with E-state index in [1.54, 1.807) is 11.3 Å². The summed E-state index contributed by atoms with van der Waals surface area (Å²) in [5.74, 6) is 0. The van der Waals surface area contributed by atoms with E-state index in [4.69, 9.17) is 11.0 Å². The minimum Gasteiger partial charge on any atom is -0.330 e. The van der Waals surface area contributed by atoms with Crippen molar-refractivity contribution in [2.24, 2.45) is 5.73 Å². The van der Waals surface area contributed by atoms with Crippen LogP contribution in [-0.4, -0.2) is 11.5 Å². The van der Waals surface area contributed by atoms with Crippen LogP contribution in [0.25, 0.3) is 10.4 Å². The standard InChI is InChI=1S/C13H13N3S/c1-9-3-2-4-10(7-9)13-11(8-15)16-12(17-13)5-6-14/h2-4,7H,5-6,14H2,1H3. The number of rotatable bonds is 3. The molecule has 0 fully saturated rings. The summed E-state index contributed by atoms with van der Waals surface area (Å²) >= 11 is 1.56. The Bertz CT molecular complexity index is 566. The molecule has 0 bridgehead atoms. The van der Waals surface area contributed by atoms with Gasteiger partial charge in [-0.1, -0.05) is 29.8 Å². The molecule has 17 heavy (non-hydrogen) atoms. The van der Waals surface area contributed by atoms with Gasteiger partial charge in [-0.15, -0.1) is 11.3 Å². The minimum absolute atomic E-state index is 0.504. The summed E-state index contributed by atoms with van der Waals surface area (Å²) in [5, 5.41) is 10.0. The van der Waals surface area contributed by atoms with Crippen LogP contribution in [0.4, 0.5) is 0 Å². The summed E-state index contributed by atoms with van der Waals surface area (Å²) in [5.41, 5.74) is 8.25. The first-order chi connectivity index (χ1) is 8.24. The number of nitrogens with two attached hydrogens (primary N) is 1. The van der Waals surface area contributed by atoms with Gasteiger partial charge in [-0.05, 0) is 19.0 Å². The topological polar surface area (TPSA) is 62.7 Å². The van der Waals surface area contributed by atoms with Crippen molar-refractivity contribution in [1.82, 2.24) is 4.98 Å². The Morgan fingerprint density at radius 3 is 2.94 bits per heavy atom. The highest BCUT2D eigenvalue weighted by molar-refractivity contribution is 7.15. The number of nitriles is 1. The molecule has 2 rings (SSSR count). The molecule has 0 spiro atoms. The number of aromatic nitrogens is 1. The van der Waals surface area contributed by atoms with E-state index < -0.39 is 0 Å². The van der Waals surface area contributed by atoms with Crippen molar-refractivity contribution >= 4 is 11.3 Å². The van der Waals surface area contributed by atoms with Crippen LogP contribution in [-0.2, 0) is 6.42 Å². The zero-order valence-corrected chi connectivity index (χ0v) is 10.4. The summed E-state index contributed by atoms with van der Waals surface area (Å²) in [6.45, 7) is 2.60. The molecule has 0 aliphatic rings. The number of nitrogens with zero attached hydrogens (tertiary/aromatic N) is 2. The Hall–Kier alpha value is -1.70. The third-order valence-corrected chi connectivity index (χ3v) is 3.58. The highest BCUT2D eigenvalue weighted by Gasteiger charge is 2.12. The van der Waals surface area contributed by atoms with Gasteiger partial charge in [-0.25, -0.2) is 4.98 Å². The predicted octanol–water partition coefficient (Wildman–Crippen LogP) is 2.49. The molecule has 0 atom stereocenters. The Morgan fingerprint density at radius 2 is 2.29 bits per heavy atom. The van der Waals surface area contributed by atoms with Crippen LogP contribution >= 0.6 is 11.3 Å². The van der Waals surface area contributed by atoms with Gasteiger partial charge >= 0.3 is 0 Å². The molecule has 0 aliphatic heterocycles. The van der Waals surface area contributed by atoms with Crippen molar-refractivity contribution in [1.29, 1.82) is 5.26 Å². The SMILES string of the molecule is Cc1cccc(-c2sc(CCN)nc2C#N)c1. The fourth-order valence-electron chi connectivity index (χ4n) is 1.65. The summed E-state index contributed by atoms with van der Waals surface area (Å²) in [6.07, 6.45) is 0.727. The summed E-state index contributed by atoms with van der Waals surface area (Å²) < 4.78 is 0. The molecule has 0 saturated carbocycles. The number of hydrogen-bond acceptors (Lipinski definition) is 4. The second-order valence-electron chi connectivity index (χ2n) is 3.81. The summed E-state index contributed by atoms with van der Waals surface area (Å²) in [4.78, 5) is 5.25. The van der Waals surface area contributed by atoms with Gasteiger partial charge in [0.2, 0.25) is 0 Å². The largest absolute Gasteiger partial charge is 0.330 e. The maximum atomic E-state index is 9.09. The van der Waals surface area contributed by atoms with Crippen molar-refractivity contribution in [3.8, 4) is 16.5 Å². The third kappa shape index (κ3) is 2.52. The molecule has 0 unspecified atom stereocenters. The van der Waals surface area contributed by atoms with Crippen molar-refractivity contribution in [2.75, 3.05) is 6.54 Å². The molecule has 4 heteroatoms. The highest BCUT2D eigenvalue weighted by atomic mass is 32.1. The normalized spacial score (nSPS) is 10.2. The zero-order chi connectivity index (χ0) is 12.3. The summed E-state index contributed by atoms with van der Waals surface area (Å²) in [7, 11) is 0. The van der Waals surface area contributed by atoms with Gasteiger partial charge in [0, 0.05) is 6.42 Å². The lowest BCUT2D eigenvalue weighted by Crippen LogP contribution is -2.01. The van der Waals surface area contributed by atoms with Gasteiger partial charge in [0.25, 0.3) is 0 Å². The van der Waals surface area contributed by atoms with Crippen LogP contribution in [0, 0.1) is 18.3 Å². The van der Waals surface area contributed by atoms with E-state index in [0.717, 1.165) is 21.9 Å². The molecule has 1 aromatic carbocycles. The van der Waals surface area contributed by atoms with Gasteiger partial charge in [0.05, 0.1) is 9.88 Å². The molecule has 86 valence electrons. The monoisotopic (exact) mass is 243 g/mol. The van der Waals surface area contributed by atoms with Crippen molar-refractivity contribution in [3.05, 3.63) is 40.5 Å². The third-order valence-electron chi connectivity index (χ3n) is 2.42. The average molecular weight is 243 g/mol. The van der Waals surface area contributed by atoms with Gasteiger partial charge in [-0.2, -0.15) is 5.26 Å². The number of aryl methyl sites for hydroxylation is 1. The van der Waals surface area contributed by atoms with Crippen LogP contribution in [0.15, 0.2) is 24.3 Å². The van der Waals surface area contributed by atoms with Crippen LogP contribution in [0.2, 0.25) is 0 Å². The lowest BCUT2D eigenvalue weighted by Gasteiger charge is -1.98. The first-order valence-electron chi connectivity index (χ1n) is 5.41. The zero-order valence-electron chi connectivity index (χ0n) is 9.60. The highest BCUT2D eigenvalue weighted by Crippen LogP contribution is 2.30. The average Bonchev–Trinajstić information content (AvgIpc) is 2.73. The second-order valence-corrected chi connectivity index (χ2v) is 4.89. The van der Waals surface area contributed by atoms with Crippen LogP contribution in [0.1, 0.15) is 16.3 Å². The maximum absolute atomic E-state index is 9.09. The Labute approximate surface area is 105 Å².